The number of thioether (sulfide) groups is 1. The van der Waals surface area contributed by atoms with Crippen LogP contribution in [0.3, 0.4) is 0 Å². The van der Waals surface area contributed by atoms with Crippen molar-refractivity contribution in [2.24, 2.45) is 5.92 Å². The van der Waals surface area contributed by atoms with Gasteiger partial charge in [0.1, 0.15) is 5.78 Å². The zero-order valence-corrected chi connectivity index (χ0v) is 12.1. The van der Waals surface area contributed by atoms with E-state index in [0.717, 1.165) is 29.2 Å². The van der Waals surface area contributed by atoms with E-state index in [0.29, 0.717) is 32.2 Å². The average molecular weight is 294 g/mol. The highest BCUT2D eigenvalue weighted by Crippen LogP contribution is 2.34. The summed E-state index contributed by atoms with van der Waals surface area (Å²) < 4.78 is 16.5. The maximum absolute atomic E-state index is 12.0. The molecule has 3 rings (SSSR count). The summed E-state index contributed by atoms with van der Waals surface area (Å²) in [6.07, 6.45) is 1.76. The van der Waals surface area contributed by atoms with Crippen LogP contribution in [0.25, 0.3) is 0 Å². The molecular weight excluding hydrogens is 276 g/mol. The van der Waals surface area contributed by atoms with Crippen molar-refractivity contribution in [2.45, 2.75) is 17.7 Å². The molecule has 5 heteroatoms. The zero-order valence-electron chi connectivity index (χ0n) is 11.3. The predicted molar refractivity (Wildman–Crippen MR) is 76.7 cm³/mol. The quantitative estimate of drug-likeness (QED) is 0.799. The van der Waals surface area contributed by atoms with Gasteiger partial charge in [-0.2, -0.15) is 0 Å². The van der Waals surface area contributed by atoms with E-state index in [2.05, 4.69) is 0 Å². The second-order valence-corrected chi connectivity index (χ2v) is 6.02. The van der Waals surface area contributed by atoms with E-state index in [9.17, 15) is 4.79 Å². The Morgan fingerprint density at radius 3 is 2.85 bits per heavy atom. The molecule has 1 fully saturated rings. The molecule has 2 aliphatic rings. The number of fused-ring (bicyclic) bond motifs is 1. The Balaban J connectivity index is 1.60. The van der Waals surface area contributed by atoms with Gasteiger partial charge in [0.15, 0.2) is 11.5 Å². The molecule has 1 unspecified atom stereocenters. The summed E-state index contributed by atoms with van der Waals surface area (Å²) >= 11 is 1.55. The zero-order chi connectivity index (χ0) is 13.8. The third kappa shape index (κ3) is 3.27. The van der Waals surface area contributed by atoms with Crippen molar-refractivity contribution in [3.8, 4) is 11.5 Å². The van der Waals surface area contributed by atoms with Gasteiger partial charge in [0.05, 0.1) is 25.6 Å². The maximum atomic E-state index is 12.0. The minimum Gasteiger partial charge on any atom is -0.490 e. The molecule has 0 spiro atoms. The Kier molecular flexibility index (Phi) is 4.47. The average Bonchev–Trinajstić information content (AvgIpc) is 2.90. The van der Waals surface area contributed by atoms with Crippen LogP contribution < -0.4 is 9.47 Å². The molecule has 2 aliphatic heterocycles. The fraction of sp³-hybridized carbons (Fsp3) is 0.533. The van der Waals surface area contributed by atoms with Crippen molar-refractivity contribution in [3.05, 3.63) is 18.2 Å². The van der Waals surface area contributed by atoms with Crippen LogP contribution in [0.1, 0.15) is 12.8 Å². The van der Waals surface area contributed by atoms with Gasteiger partial charge < -0.3 is 14.2 Å². The molecule has 0 aromatic heterocycles. The summed E-state index contributed by atoms with van der Waals surface area (Å²) in [4.78, 5) is 13.0. The largest absolute Gasteiger partial charge is 0.490 e. The molecule has 1 saturated heterocycles. The lowest BCUT2D eigenvalue weighted by Crippen LogP contribution is -2.16. The van der Waals surface area contributed by atoms with E-state index < -0.39 is 0 Å². The van der Waals surface area contributed by atoms with Crippen LogP contribution >= 0.6 is 11.8 Å². The fourth-order valence-corrected chi connectivity index (χ4v) is 3.19. The predicted octanol–water partition coefficient (Wildman–Crippen LogP) is 2.55. The van der Waals surface area contributed by atoms with E-state index >= 15 is 0 Å². The molecule has 20 heavy (non-hydrogen) atoms. The molecule has 0 N–H and O–H groups in total. The molecule has 0 aliphatic carbocycles. The SMILES string of the molecule is O=C(CSc1ccc2c(c1)OCCCO2)C1CCOC1. The Morgan fingerprint density at radius 2 is 2.05 bits per heavy atom. The minimum atomic E-state index is 0.0860. The first kappa shape index (κ1) is 13.8. The standard InChI is InChI=1S/C15H18O4S/c16-13(11-4-7-17-9-11)10-20-12-2-3-14-15(8-12)19-6-1-5-18-14/h2-3,8,11H,1,4-7,9-10H2. The molecule has 0 bridgehead atoms. The highest BCUT2D eigenvalue weighted by molar-refractivity contribution is 8.00. The van der Waals surface area contributed by atoms with Gasteiger partial charge in [-0.3, -0.25) is 4.79 Å². The van der Waals surface area contributed by atoms with Crippen LogP contribution in [0, 0.1) is 5.92 Å². The molecule has 1 aromatic rings. The van der Waals surface area contributed by atoms with Gasteiger partial charge >= 0.3 is 0 Å². The van der Waals surface area contributed by atoms with Crippen molar-refractivity contribution < 1.29 is 19.0 Å². The number of carbonyl (C=O) groups excluding carboxylic acids is 1. The van der Waals surface area contributed by atoms with Crippen molar-refractivity contribution >= 4 is 17.5 Å². The van der Waals surface area contributed by atoms with Gasteiger partial charge in [0.2, 0.25) is 0 Å². The van der Waals surface area contributed by atoms with Crippen LogP contribution in [0.5, 0.6) is 11.5 Å². The number of benzene rings is 1. The number of ether oxygens (including phenoxy) is 3. The van der Waals surface area contributed by atoms with E-state index in [1.807, 2.05) is 18.2 Å². The molecular formula is C15H18O4S. The van der Waals surface area contributed by atoms with E-state index in [-0.39, 0.29) is 11.7 Å². The van der Waals surface area contributed by atoms with Crippen LogP contribution in [-0.2, 0) is 9.53 Å². The van der Waals surface area contributed by atoms with Crippen molar-refractivity contribution in [1.82, 2.24) is 0 Å². The monoisotopic (exact) mass is 294 g/mol. The molecule has 0 amide bonds. The van der Waals surface area contributed by atoms with Gasteiger partial charge in [-0.05, 0) is 24.6 Å². The summed E-state index contributed by atoms with van der Waals surface area (Å²) in [5.74, 6) is 2.43. The van der Waals surface area contributed by atoms with Crippen LogP contribution in [0.4, 0.5) is 0 Å². The third-order valence-electron chi connectivity index (χ3n) is 3.49. The van der Waals surface area contributed by atoms with Crippen molar-refractivity contribution in [2.75, 3.05) is 32.2 Å². The lowest BCUT2D eigenvalue weighted by molar-refractivity contribution is -0.120. The van der Waals surface area contributed by atoms with Gasteiger partial charge in [0.25, 0.3) is 0 Å². The fourth-order valence-electron chi connectivity index (χ4n) is 2.29. The normalized spacial score (nSPS) is 21.5. The van der Waals surface area contributed by atoms with Crippen LogP contribution in [0.15, 0.2) is 23.1 Å². The number of carbonyl (C=O) groups is 1. The van der Waals surface area contributed by atoms with Crippen molar-refractivity contribution in [1.29, 1.82) is 0 Å². The minimum absolute atomic E-state index is 0.0860. The Bertz CT molecular complexity index is 483. The summed E-state index contributed by atoms with van der Waals surface area (Å²) in [7, 11) is 0. The second kappa shape index (κ2) is 6.50. The van der Waals surface area contributed by atoms with Gasteiger partial charge in [-0.1, -0.05) is 0 Å². The number of ketones is 1. The molecule has 108 valence electrons. The molecule has 1 aromatic carbocycles. The smallest absolute Gasteiger partial charge is 0.162 e. The Hall–Kier alpha value is -1.20. The van der Waals surface area contributed by atoms with E-state index in [1.165, 1.54) is 0 Å². The van der Waals surface area contributed by atoms with Crippen LogP contribution in [0.2, 0.25) is 0 Å². The second-order valence-electron chi connectivity index (χ2n) is 4.97. The summed E-state index contributed by atoms with van der Waals surface area (Å²) in [5.41, 5.74) is 0. The third-order valence-corrected chi connectivity index (χ3v) is 4.50. The van der Waals surface area contributed by atoms with Gasteiger partial charge in [0, 0.05) is 23.8 Å². The molecule has 0 saturated carbocycles. The lowest BCUT2D eigenvalue weighted by atomic mass is 10.1. The van der Waals surface area contributed by atoms with E-state index in [4.69, 9.17) is 14.2 Å². The summed E-state index contributed by atoms with van der Waals surface area (Å²) in [6.45, 7) is 2.67. The van der Waals surface area contributed by atoms with Gasteiger partial charge in [-0.25, -0.2) is 0 Å². The van der Waals surface area contributed by atoms with E-state index in [1.54, 1.807) is 11.8 Å². The van der Waals surface area contributed by atoms with Crippen molar-refractivity contribution in [3.63, 3.8) is 0 Å². The number of rotatable bonds is 4. The number of Topliss-reactive ketones (excluding diaryl/α,β-unsaturated/α-hetero) is 1. The Morgan fingerprint density at radius 1 is 1.20 bits per heavy atom. The highest BCUT2D eigenvalue weighted by atomic mass is 32.2. The maximum Gasteiger partial charge on any atom is 0.162 e. The molecule has 2 heterocycles. The first-order valence-electron chi connectivity index (χ1n) is 6.96. The number of hydrogen-bond acceptors (Lipinski definition) is 5. The molecule has 0 radical (unpaired) electrons. The topological polar surface area (TPSA) is 44.8 Å². The molecule has 1 atom stereocenters. The van der Waals surface area contributed by atoms with Crippen LogP contribution in [-0.4, -0.2) is 38.0 Å². The summed E-state index contributed by atoms with van der Waals surface area (Å²) in [6, 6.07) is 5.87. The molecule has 4 nitrogen and oxygen atoms in total. The lowest BCUT2D eigenvalue weighted by Gasteiger charge is -2.10. The van der Waals surface area contributed by atoms with Gasteiger partial charge in [-0.15, -0.1) is 11.8 Å². The first-order chi connectivity index (χ1) is 9.83. The first-order valence-corrected chi connectivity index (χ1v) is 7.94. The number of hydrogen-bond donors (Lipinski definition) is 0. The summed E-state index contributed by atoms with van der Waals surface area (Å²) in [5, 5.41) is 0. The Labute approximate surface area is 122 Å². The highest BCUT2D eigenvalue weighted by Gasteiger charge is 2.23.